The highest BCUT2D eigenvalue weighted by molar-refractivity contribution is 5.76. The van der Waals surface area contributed by atoms with Gasteiger partial charge in [-0.3, -0.25) is 9.88 Å². The fraction of sp³-hybridized carbons (Fsp3) is 0.478. The van der Waals surface area contributed by atoms with Gasteiger partial charge >= 0.3 is 0 Å². The minimum absolute atomic E-state index is 0.221. The standard InChI is InChI=1S/C23H30FN7/c1-15(2)11-18-12-19(24)22(23-26-28-29-27-23)21(13-18)30-9-10-31(16(3)14-30)17(4)20-7-5-6-8-25-20/h5-8,12-13,15-17H,9-11,14H2,1-4H3,(H,26,27,28,29)/t16-,17?/m0/s1. The van der Waals surface area contributed by atoms with Gasteiger partial charge in [-0.25, -0.2) is 4.39 Å². The molecule has 164 valence electrons. The topological polar surface area (TPSA) is 73.8 Å². The van der Waals surface area contributed by atoms with Crippen LogP contribution in [0.3, 0.4) is 0 Å². The highest BCUT2D eigenvalue weighted by Gasteiger charge is 2.31. The molecule has 0 spiro atoms. The van der Waals surface area contributed by atoms with E-state index < -0.39 is 0 Å². The maximum atomic E-state index is 15.2. The summed E-state index contributed by atoms with van der Waals surface area (Å²) < 4.78 is 15.2. The fourth-order valence-electron chi connectivity index (χ4n) is 4.53. The average molecular weight is 424 g/mol. The molecule has 3 aromatic rings. The van der Waals surface area contributed by atoms with Gasteiger partial charge in [-0.2, -0.15) is 5.21 Å². The van der Waals surface area contributed by atoms with Crippen molar-refractivity contribution in [3.63, 3.8) is 0 Å². The largest absolute Gasteiger partial charge is 0.368 e. The average Bonchev–Trinajstić information content (AvgIpc) is 3.27. The van der Waals surface area contributed by atoms with Crippen molar-refractivity contribution in [2.24, 2.45) is 5.92 Å². The SMILES string of the molecule is CC(C)Cc1cc(F)c(-c2nn[nH]n2)c(N2CCN(C(C)c3ccccn3)[C@@H](C)C2)c1. The Labute approximate surface area is 182 Å². The number of rotatable bonds is 6. The molecule has 31 heavy (non-hydrogen) atoms. The number of aromatic nitrogens is 5. The predicted molar refractivity (Wildman–Crippen MR) is 119 cm³/mol. The first-order valence-corrected chi connectivity index (χ1v) is 10.9. The van der Waals surface area contributed by atoms with Crippen molar-refractivity contribution in [3.05, 3.63) is 53.6 Å². The van der Waals surface area contributed by atoms with Crippen LogP contribution in [-0.2, 0) is 6.42 Å². The molecular weight excluding hydrogens is 393 g/mol. The van der Waals surface area contributed by atoms with Crippen molar-refractivity contribution in [2.45, 2.75) is 46.2 Å². The number of piperazine rings is 1. The first kappa shape index (κ1) is 21.4. The predicted octanol–water partition coefficient (Wildman–Crippen LogP) is 3.87. The third kappa shape index (κ3) is 4.58. The van der Waals surface area contributed by atoms with Gasteiger partial charge in [-0.05, 0) is 61.2 Å². The number of nitrogens with zero attached hydrogens (tertiary/aromatic N) is 6. The van der Waals surface area contributed by atoms with E-state index in [2.05, 4.69) is 75.2 Å². The number of anilines is 1. The van der Waals surface area contributed by atoms with Crippen molar-refractivity contribution >= 4 is 5.69 Å². The molecule has 0 bridgehead atoms. The molecule has 1 unspecified atom stereocenters. The lowest BCUT2D eigenvalue weighted by Gasteiger charge is -2.44. The van der Waals surface area contributed by atoms with Gasteiger partial charge in [0.1, 0.15) is 5.82 Å². The van der Waals surface area contributed by atoms with E-state index in [1.165, 1.54) is 0 Å². The summed E-state index contributed by atoms with van der Waals surface area (Å²) in [7, 11) is 0. The van der Waals surface area contributed by atoms with Gasteiger partial charge in [0, 0.05) is 37.9 Å². The van der Waals surface area contributed by atoms with Crippen LogP contribution >= 0.6 is 0 Å². The van der Waals surface area contributed by atoms with Crippen molar-refractivity contribution in [3.8, 4) is 11.4 Å². The van der Waals surface area contributed by atoms with Gasteiger partial charge < -0.3 is 4.90 Å². The van der Waals surface area contributed by atoms with Gasteiger partial charge in [0.15, 0.2) is 0 Å². The number of benzene rings is 1. The van der Waals surface area contributed by atoms with Crippen LogP contribution in [-0.4, -0.2) is 56.2 Å². The Morgan fingerprint density at radius 3 is 2.68 bits per heavy atom. The normalized spacial score (nSPS) is 18.5. The number of H-pyrrole nitrogens is 1. The minimum atomic E-state index is -0.300. The third-order valence-electron chi connectivity index (χ3n) is 5.97. The number of hydrogen-bond donors (Lipinski definition) is 1. The maximum Gasteiger partial charge on any atom is 0.209 e. The van der Waals surface area contributed by atoms with Gasteiger partial charge in [0.05, 0.1) is 16.9 Å². The third-order valence-corrected chi connectivity index (χ3v) is 5.97. The van der Waals surface area contributed by atoms with Crippen LogP contribution in [0.1, 0.15) is 45.0 Å². The van der Waals surface area contributed by atoms with E-state index in [-0.39, 0.29) is 17.9 Å². The Balaban J connectivity index is 1.63. The van der Waals surface area contributed by atoms with E-state index in [1.54, 1.807) is 6.07 Å². The summed E-state index contributed by atoms with van der Waals surface area (Å²) in [6.07, 6.45) is 2.66. The summed E-state index contributed by atoms with van der Waals surface area (Å²) in [5.41, 5.74) is 3.32. The van der Waals surface area contributed by atoms with E-state index in [0.29, 0.717) is 17.3 Å². The number of aromatic amines is 1. The molecule has 2 atom stereocenters. The molecule has 2 aromatic heterocycles. The van der Waals surface area contributed by atoms with Crippen LogP contribution in [0.2, 0.25) is 0 Å². The fourth-order valence-corrected chi connectivity index (χ4v) is 4.53. The van der Waals surface area contributed by atoms with Crippen LogP contribution in [0.4, 0.5) is 10.1 Å². The second-order valence-electron chi connectivity index (χ2n) is 8.77. The molecule has 1 aromatic carbocycles. The van der Waals surface area contributed by atoms with Crippen molar-refractivity contribution in [2.75, 3.05) is 24.5 Å². The molecule has 1 aliphatic heterocycles. The number of hydrogen-bond acceptors (Lipinski definition) is 6. The summed E-state index contributed by atoms with van der Waals surface area (Å²) >= 11 is 0. The van der Waals surface area contributed by atoms with Gasteiger partial charge in [-0.15, -0.1) is 10.2 Å². The first-order chi connectivity index (χ1) is 14.9. The molecule has 7 nitrogen and oxygen atoms in total. The molecule has 4 rings (SSSR count). The minimum Gasteiger partial charge on any atom is -0.368 e. The van der Waals surface area contributed by atoms with Gasteiger partial charge in [-0.1, -0.05) is 19.9 Å². The number of pyridine rings is 1. The Bertz CT molecular complexity index is 991. The number of tetrazole rings is 1. The van der Waals surface area contributed by atoms with Crippen LogP contribution in [0.25, 0.3) is 11.4 Å². The number of nitrogens with one attached hydrogen (secondary N) is 1. The summed E-state index contributed by atoms with van der Waals surface area (Å²) in [6.45, 7) is 11.1. The van der Waals surface area contributed by atoms with E-state index in [1.807, 2.05) is 18.3 Å². The van der Waals surface area contributed by atoms with Gasteiger partial charge in [0.25, 0.3) is 0 Å². The van der Waals surface area contributed by atoms with E-state index >= 15 is 4.39 Å². The summed E-state index contributed by atoms with van der Waals surface area (Å²) in [4.78, 5) is 9.25. The van der Waals surface area contributed by atoms with Crippen LogP contribution in [0.15, 0.2) is 36.5 Å². The first-order valence-electron chi connectivity index (χ1n) is 10.9. The Hall–Kier alpha value is -2.87. The monoisotopic (exact) mass is 423 g/mol. The highest BCUT2D eigenvalue weighted by atomic mass is 19.1. The van der Waals surface area contributed by atoms with Crippen LogP contribution < -0.4 is 4.90 Å². The van der Waals surface area contributed by atoms with Crippen LogP contribution in [0.5, 0.6) is 0 Å². The quantitative estimate of drug-likeness (QED) is 0.649. The van der Waals surface area contributed by atoms with Gasteiger partial charge in [0.2, 0.25) is 5.82 Å². The molecule has 0 amide bonds. The zero-order valence-corrected chi connectivity index (χ0v) is 18.6. The maximum absolute atomic E-state index is 15.2. The van der Waals surface area contributed by atoms with Crippen molar-refractivity contribution < 1.29 is 4.39 Å². The summed E-state index contributed by atoms with van der Waals surface area (Å²) in [5, 5.41) is 14.2. The lowest BCUT2D eigenvalue weighted by Crippen LogP contribution is -2.52. The Kier molecular flexibility index (Phi) is 6.27. The molecule has 0 saturated carbocycles. The molecule has 0 aliphatic carbocycles. The molecule has 1 saturated heterocycles. The van der Waals surface area contributed by atoms with Crippen molar-refractivity contribution in [1.29, 1.82) is 0 Å². The van der Waals surface area contributed by atoms with E-state index in [9.17, 15) is 0 Å². The van der Waals surface area contributed by atoms with E-state index in [4.69, 9.17) is 0 Å². The molecule has 1 aliphatic rings. The van der Waals surface area contributed by atoms with Crippen LogP contribution in [0, 0.1) is 11.7 Å². The Morgan fingerprint density at radius 1 is 1.19 bits per heavy atom. The lowest BCUT2D eigenvalue weighted by atomic mass is 9.98. The van der Waals surface area contributed by atoms with Crippen molar-refractivity contribution in [1.82, 2.24) is 30.5 Å². The molecular formula is C23H30FN7. The summed E-state index contributed by atoms with van der Waals surface area (Å²) in [6, 6.07) is 10.2. The lowest BCUT2D eigenvalue weighted by molar-refractivity contribution is 0.136. The second kappa shape index (κ2) is 9.09. The molecule has 1 N–H and O–H groups in total. The molecule has 8 heteroatoms. The zero-order chi connectivity index (χ0) is 22.0. The molecule has 0 radical (unpaired) electrons. The number of halogens is 1. The molecule has 1 fully saturated rings. The Morgan fingerprint density at radius 2 is 2.03 bits per heavy atom. The summed E-state index contributed by atoms with van der Waals surface area (Å²) in [5.74, 6) is 0.435. The zero-order valence-electron chi connectivity index (χ0n) is 18.6. The highest BCUT2D eigenvalue weighted by Crippen LogP contribution is 2.35. The molecule has 3 heterocycles. The smallest absolute Gasteiger partial charge is 0.209 e. The second-order valence-corrected chi connectivity index (χ2v) is 8.77. The van der Waals surface area contributed by atoms with E-state index in [0.717, 1.165) is 43.0 Å².